The first kappa shape index (κ1) is 31.3. The van der Waals surface area contributed by atoms with Crippen LogP contribution in [0, 0.1) is 0 Å². The van der Waals surface area contributed by atoms with Gasteiger partial charge in [-0.15, -0.1) is 0 Å². The molecule has 222 valence electrons. The lowest BCUT2D eigenvalue weighted by Gasteiger charge is -2.10. The van der Waals surface area contributed by atoms with Crippen LogP contribution >= 0.6 is 0 Å². The van der Waals surface area contributed by atoms with Gasteiger partial charge < -0.3 is 29.6 Å². The van der Waals surface area contributed by atoms with Crippen molar-refractivity contribution in [1.82, 2.24) is 10.6 Å². The monoisotopic (exact) mass is 578 g/mol. The highest BCUT2D eigenvalue weighted by molar-refractivity contribution is 5.85. The largest absolute Gasteiger partial charge is 0.449 e. The topological polar surface area (TPSA) is 153 Å². The Morgan fingerprint density at radius 2 is 0.857 bits per heavy atom. The number of carbonyl (C=O) groups is 4. The predicted molar refractivity (Wildman–Crippen MR) is 155 cm³/mol. The maximum atomic E-state index is 12.0. The molecule has 3 aromatic rings. The van der Waals surface area contributed by atoms with Crippen molar-refractivity contribution < 1.29 is 38.1 Å². The van der Waals surface area contributed by atoms with Crippen LogP contribution in [0.3, 0.4) is 0 Å². The molecule has 4 N–H and O–H groups in total. The lowest BCUT2D eigenvalue weighted by molar-refractivity contribution is 0.123. The van der Waals surface area contributed by atoms with Gasteiger partial charge in [-0.2, -0.15) is 0 Å². The van der Waals surface area contributed by atoms with Crippen molar-refractivity contribution in [2.24, 2.45) is 0 Å². The second kappa shape index (κ2) is 18.2. The molecule has 0 aliphatic carbocycles. The first-order valence-corrected chi connectivity index (χ1v) is 13.3. The van der Waals surface area contributed by atoms with E-state index in [4.69, 9.17) is 18.9 Å². The van der Waals surface area contributed by atoms with Crippen molar-refractivity contribution in [1.29, 1.82) is 0 Å². The van der Waals surface area contributed by atoms with Crippen LogP contribution in [0.15, 0.2) is 84.9 Å². The van der Waals surface area contributed by atoms with Crippen LogP contribution in [-0.4, -0.2) is 50.8 Å². The van der Waals surface area contributed by atoms with Crippen molar-refractivity contribution in [3.8, 4) is 0 Å². The molecule has 0 radical (unpaired) electrons. The highest BCUT2D eigenvalue weighted by Crippen LogP contribution is 2.07. The number of amides is 4. The van der Waals surface area contributed by atoms with Crippen molar-refractivity contribution >= 4 is 35.7 Å². The minimum absolute atomic E-state index is 0.0868. The van der Waals surface area contributed by atoms with Gasteiger partial charge >= 0.3 is 24.4 Å². The normalized spacial score (nSPS) is 10.1. The van der Waals surface area contributed by atoms with Crippen LogP contribution in [0.2, 0.25) is 0 Å². The number of alkyl carbamates (subject to hydrolysis) is 2. The minimum Gasteiger partial charge on any atom is -0.449 e. The van der Waals surface area contributed by atoms with E-state index in [0.717, 1.165) is 11.1 Å². The lowest BCUT2D eigenvalue weighted by atomic mass is 10.1. The van der Waals surface area contributed by atoms with Gasteiger partial charge in [0.05, 0.1) is 26.4 Å². The van der Waals surface area contributed by atoms with Gasteiger partial charge in [-0.3, -0.25) is 10.6 Å². The van der Waals surface area contributed by atoms with Crippen molar-refractivity contribution in [3.05, 3.63) is 96.1 Å². The molecule has 3 rings (SSSR count). The summed E-state index contributed by atoms with van der Waals surface area (Å²) < 4.78 is 20.3. The second-order valence-electron chi connectivity index (χ2n) is 8.76. The first-order chi connectivity index (χ1) is 20.5. The van der Waals surface area contributed by atoms with E-state index in [2.05, 4.69) is 21.3 Å². The number of carbonyl (C=O) groups excluding carboxylic acids is 4. The van der Waals surface area contributed by atoms with Gasteiger partial charge in [0.2, 0.25) is 0 Å². The molecule has 0 atom stereocenters. The van der Waals surface area contributed by atoms with E-state index in [9.17, 15) is 19.2 Å². The summed E-state index contributed by atoms with van der Waals surface area (Å²) in [7, 11) is 0. The second-order valence-corrected chi connectivity index (χ2v) is 8.76. The standard InChI is InChI=1S/C30H34N4O8/c35-27(39-16-8-18-41-29(37)33-25-12-3-1-4-13-25)31-21-23-10-7-11-24(20-23)22-32-28(36)40-17-9-19-42-30(38)34-26-14-5-2-6-15-26/h1-7,10-15,20H,8-9,16-19,21-22H2,(H,31,35)(H,32,36)(H,33,37)(H,34,38). The first-order valence-electron chi connectivity index (χ1n) is 13.3. The molecule has 3 aromatic carbocycles. The van der Waals surface area contributed by atoms with E-state index in [-0.39, 0.29) is 39.5 Å². The van der Waals surface area contributed by atoms with Gasteiger partial charge in [-0.25, -0.2) is 19.2 Å². The molecular formula is C30H34N4O8. The summed E-state index contributed by atoms with van der Waals surface area (Å²) in [6, 6.07) is 25.1. The lowest BCUT2D eigenvalue weighted by Crippen LogP contribution is -2.25. The number of para-hydroxylation sites is 2. The molecule has 0 spiro atoms. The van der Waals surface area contributed by atoms with Gasteiger partial charge in [-0.05, 0) is 35.4 Å². The SMILES string of the molecule is O=C(NCc1cccc(CNC(=O)OCCCOC(=O)Nc2ccccc2)c1)OCCCOC(=O)Nc1ccccc1. The Morgan fingerprint density at radius 1 is 0.476 bits per heavy atom. The zero-order valence-electron chi connectivity index (χ0n) is 23.0. The quantitative estimate of drug-likeness (QED) is 0.146. The van der Waals surface area contributed by atoms with Crippen molar-refractivity contribution in [3.63, 3.8) is 0 Å². The van der Waals surface area contributed by atoms with Gasteiger partial charge in [-0.1, -0.05) is 60.7 Å². The van der Waals surface area contributed by atoms with Crippen molar-refractivity contribution in [2.45, 2.75) is 25.9 Å². The van der Waals surface area contributed by atoms with Crippen LogP contribution in [0.1, 0.15) is 24.0 Å². The average molecular weight is 579 g/mol. The van der Waals surface area contributed by atoms with Gasteiger partial charge in [0.15, 0.2) is 0 Å². The Labute approximate surface area is 243 Å². The van der Waals surface area contributed by atoms with E-state index in [1.54, 1.807) is 54.6 Å². The Morgan fingerprint density at radius 3 is 1.26 bits per heavy atom. The predicted octanol–water partition coefficient (Wildman–Crippen LogP) is 5.42. The maximum absolute atomic E-state index is 12.0. The Balaban J connectivity index is 1.20. The number of hydrogen-bond donors (Lipinski definition) is 4. The third-order valence-corrected chi connectivity index (χ3v) is 5.42. The van der Waals surface area contributed by atoms with Crippen LogP contribution in [0.4, 0.5) is 30.6 Å². The highest BCUT2D eigenvalue weighted by Gasteiger charge is 2.07. The molecular weight excluding hydrogens is 544 g/mol. The molecule has 0 aromatic heterocycles. The smallest absolute Gasteiger partial charge is 0.411 e. The summed E-state index contributed by atoms with van der Waals surface area (Å²) >= 11 is 0. The summed E-state index contributed by atoms with van der Waals surface area (Å²) in [5.41, 5.74) is 2.88. The van der Waals surface area contributed by atoms with Crippen LogP contribution in [-0.2, 0) is 32.0 Å². The highest BCUT2D eigenvalue weighted by atomic mass is 16.6. The zero-order chi connectivity index (χ0) is 29.8. The summed E-state index contributed by atoms with van der Waals surface area (Å²) in [6.45, 7) is 0.829. The van der Waals surface area contributed by atoms with E-state index in [1.807, 2.05) is 30.3 Å². The van der Waals surface area contributed by atoms with Gasteiger partial charge in [0.1, 0.15) is 0 Å². The average Bonchev–Trinajstić information content (AvgIpc) is 3.00. The minimum atomic E-state index is -0.600. The fourth-order valence-electron chi connectivity index (χ4n) is 3.43. The molecule has 4 amide bonds. The maximum Gasteiger partial charge on any atom is 0.411 e. The Bertz CT molecular complexity index is 1180. The molecule has 0 unspecified atom stereocenters. The molecule has 0 saturated carbocycles. The van der Waals surface area contributed by atoms with Crippen LogP contribution in [0.25, 0.3) is 0 Å². The molecule has 42 heavy (non-hydrogen) atoms. The van der Waals surface area contributed by atoms with E-state index in [1.165, 1.54) is 0 Å². The molecule has 0 aliphatic rings. The summed E-state index contributed by atoms with van der Waals surface area (Å²) in [4.78, 5) is 47.4. The van der Waals surface area contributed by atoms with Crippen molar-refractivity contribution in [2.75, 3.05) is 37.1 Å². The Hall–Kier alpha value is -5.26. The zero-order valence-corrected chi connectivity index (χ0v) is 23.0. The number of rotatable bonds is 14. The van der Waals surface area contributed by atoms with E-state index < -0.39 is 24.4 Å². The fraction of sp³-hybridized carbons (Fsp3) is 0.267. The Kier molecular flexibility index (Phi) is 13.5. The number of ether oxygens (including phenoxy) is 4. The summed E-state index contributed by atoms with van der Waals surface area (Å²) in [6.07, 6.45) is -1.66. The molecule has 0 fully saturated rings. The van der Waals surface area contributed by atoms with Crippen LogP contribution in [0.5, 0.6) is 0 Å². The molecule has 12 heteroatoms. The number of benzene rings is 3. The molecule has 0 saturated heterocycles. The molecule has 0 bridgehead atoms. The number of hydrogen-bond acceptors (Lipinski definition) is 8. The molecule has 0 heterocycles. The summed E-state index contributed by atoms with van der Waals surface area (Å²) in [5.74, 6) is 0. The number of nitrogens with one attached hydrogen (secondary N) is 4. The molecule has 12 nitrogen and oxygen atoms in total. The van der Waals surface area contributed by atoms with E-state index in [0.29, 0.717) is 24.2 Å². The molecule has 0 aliphatic heterocycles. The number of anilines is 2. The third kappa shape index (κ3) is 13.2. The summed E-state index contributed by atoms with van der Waals surface area (Å²) in [5, 5.41) is 10.5. The van der Waals surface area contributed by atoms with Crippen LogP contribution < -0.4 is 21.3 Å². The van der Waals surface area contributed by atoms with Gasteiger partial charge in [0, 0.05) is 37.3 Å². The van der Waals surface area contributed by atoms with Gasteiger partial charge in [0.25, 0.3) is 0 Å². The van der Waals surface area contributed by atoms with E-state index >= 15 is 0 Å². The third-order valence-electron chi connectivity index (χ3n) is 5.42. The fourth-order valence-corrected chi connectivity index (χ4v) is 3.43.